The Morgan fingerprint density at radius 2 is 1.80 bits per heavy atom. The topological polar surface area (TPSA) is 15.4 Å². The van der Waals surface area contributed by atoms with Gasteiger partial charge in [-0.25, -0.2) is 0 Å². The molecule has 0 spiro atoms. The number of para-hydroxylation sites is 1. The van der Waals surface area contributed by atoms with Gasteiger partial charge in [-0.15, -0.1) is 5.10 Å². The van der Waals surface area contributed by atoms with Crippen molar-refractivity contribution in [3.05, 3.63) is 30.3 Å². The van der Waals surface area contributed by atoms with Crippen LogP contribution < -0.4 is 5.01 Å². The molecule has 0 atom stereocenters. The first kappa shape index (κ1) is 5.41. The maximum atomic E-state index is 12.1. The summed E-state index contributed by atoms with van der Waals surface area (Å²) in [5.41, 5.74) is 0.778. The summed E-state index contributed by atoms with van der Waals surface area (Å²) in [7, 11) is 0. The number of amidine groups is 1. The summed E-state index contributed by atoms with van der Waals surface area (Å²) >= 11 is 0. The molecule has 0 unspecified atom stereocenters. The van der Waals surface area contributed by atoms with Gasteiger partial charge in [0.1, 0.15) is 0 Å². The Hall–Kier alpha value is -1.38. The molecule has 1 heterocycles. The van der Waals surface area contributed by atoms with Crippen LogP contribution in [-0.4, -0.2) is 6.09 Å². The average molecular weight is 136 g/mol. The van der Waals surface area contributed by atoms with Crippen molar-refractivity contribution in [3.8, 4) is 0 Å². The van der Waals surface area contributed by atoms with E-state index in [0.29, 0.717) is 0 Å². The largest absolute Gasteiger partial charge is 0.327 e. The van der Waals surface area contributed by atoms with Crippen molar-refractivity contribution in [2.24, 2.45) is 5.10 Å². The highest BCUT2D eigenvalue weighted by molar-refractivity contribution is 6.01. The highest BCUT2D eigenvalue weighted by atomic mass is 19.1. The number of nitrogens with zero attached hydrogens (tertiary/aromatic N) is 2. The van der Waals surface area contributed by atoms with E-state index in [0.717, 1.165) is 5.69 Å². The van der Waals surface area contributed by atoms with E-state index in [9.17, 15) is 4.39 Å². The molecule has 0 aliphatic carbocycles. The van der Waals surface area contributed by atoms with Crippen LogP contribution in [0.4, 0.5) is 10.1 Å². The van der Waals surface area contributed by atoms with Crippen LogP contribution in [0.25, 0.3) is 0 Å². The zero-order valence-corrected chi connectivity index (χ0v) is 5.16. The van der Waals surface area contributed by atoms with Gasteiger partial charge in [-0.1, -0.05) is 18.2 Å². The van der Waals surface area contributed by atoms with Crippen molar-refractivity contribution >= 4 is 11.8 Å². The number of hydrogen-bond donors (Lipinski definition) is 0. The first-order valence-electron chi connectivity index (χ1n) is 2.97. The maximum absolute atomic E-state index is 12.1. The molecule has 3 heteroatoms. The molecule has 0 amide bonds. The van der Waals surface area contributed by atoms with Gasteiger partial charge >= 0.3 is 6.09 Å². The quantitative estimate of drug-likeness (QED) is 0.537. The number of halogens is 1. The van der Waals surface area contributed by atoms with Gasteiger partial charge in [0.15, 0.2) is 0 Å². The number of hydrazone groups is 1. The number of anilines is 1. The molecule has 0 bridgehead atoms. The van der Waals surface area contributed by atoms with Crippen LogP contribution in [0, 0.1) is 0 Å². The summed E-state index contributed by atoms with van der Waals surface area (Å²) in [4.78, 5) is 0. The molecule has 10 heavy (non-hydrogen) atoms. The number of benzene rings is 1. The lowest BCUT2D eigenvalue weighted by molar-refractivity contribution is 0.827. The summed E-state index contributed by atoms with van der Waals surface area (Å²) in [5.74, 6) is 0. The molecular formula is C7H5FN2. The molecule has 2 nitrogen and oxygen atoms in total. The SMILES string of the molecule is FC1=NN1c1ccccc1. The van der Waals surface area contributed by atoms with Crippen LogP contribution in [0.15, 0.2) is 35.4 Å². The van der Waals surface area contributed by atoms with Crippen LogP contribution in [0.3, 0.4) is 0 Å². The molecule has 0 fully saturated rings. The maximum Gasteiger partial charge on any atom is 0.327 e. The van der Waals surface area contributed by atoms with Crippen molar-refractivity contribution in [2.75, 3.05) is 5.01 Å². The summed E-state index contributed by atoms with van der Waals surface area (Å²) in [5, 5.41) is 4.66. The summed E-state index contributed by atoms with van der Waals surface area (Å²) < 4.78 is 12.1. The van der Waals surface area contributed by atoms with Crippen LogP contribution in [0.2, 0.25) is 0 Å². The van der Waals surface area contributed by atoms with Crippen LogP contribution >= 0.6 is 0 Å². The lowest BCUT2D eigenvalue weighted by Crippen LogP contribution is -1.96. The molecule has 50 valence electrons. The molecule has 2 rings (SSSR count). The van der Waals surface area contributed by atoms with Gasteiger partial charge in [0.2, 0.25) is 0 Å². The van der Waals surface area contributed by atoms with E-state index in [1.807, 2.05) is 18.2 Å². The van der Waals surface area contributed by atoms with Crippen molar-refractivity contribution < 1.29 is 4.39 Å². The van der Waals surface area contributed by atoms with Crippen LogP contribution in [0.1, 0.15) is 0 Å². The van der Waals surface area contributed by atoms with Gasteiger partial charge in [-0.3, -0.25) is 0 Å². The number of rotatable bonds is 1. The van der Waals surface area contributed by atoms with Crippen molar-refractivity contribution in [1.82, 2.24) is 0 Å². The van der Waals surface area contributed by atoms with Gasteiger partial charge < -0.3 is 0 Å². The third-order valence-electron chi connectivity index (χ3n) is 1.32. The van der Waals surface area contributed by atoms with E-state index in [4.69, 9.17) is 0 Å². The molecule has 1 aromatic carbocycles. The molecule has 0 N–H and O–H groups in total. The van der Waals surface area contributed by atoms with Gasteiger partial charge in [0.25, 0.3) is 0 Å². The minimum absolute atomic E-state index is 0.411. The first-order chi connectivity index (χ1) is 4.88. The Morgan fingerprint density at radius 3 is 2.30 bits per heavy atom. The molecule has 0 saturated carbocycles. The van der Waals surface area contributed by atoms with Gasteiger partial charge in [0, 0.05) is 0 Å². The third kappa shape index (κ3) is 0.757. The fraction of sp³-hybridized carbons (Fsp3) is 0. The minimum atomic E-state index is -0.411. The van der Waals surface area contributed by atoms with Crippen LogP contribution in [-0.2, 0) is 0 Å². The molecule has 1 aromatic rings. The first-order valence-corrected chi connectivity index (χ1v) is 2.97. The predicted octanol–water partition coefficient (Wildman–Crippen LogP) is 1.75. The van der Waals surface area contributed by atoms with Crippen molar-refractivity contribution in [3.63, 3.8) is 0 Å². The summed E-state index contributed by atoms with van der Waals surface area (Å²) in [6.45, 7) is 0. The van der Waals surface area contributed by atoms with Crippen LogP contribution in [0.5, 0.6) is 0 Å². The lowest BCUT2D eigenvalue weighted by atomic mass is 10.3. The minimum Gasteiger partial charge on any atom is -0.185 e. The fourth-order valence-corrected chi connectivity index (χ4v) is 0.794. The normalized spacial score (nSPS) is 14.9. The van der Waals surface area contributed by atoms with E-state index >= 15 is 0 Å². The Labute approximate surface area is 57.6 Å². The highest BCUT2D eigenvalue weighted by Crippen LogP contribution is 2.22. The molecule has 0 saturated heterocycles. The molecule has 1 aliphatic rings. The van der Waals surface area contributed by atoms with Gasteiger partial charge in [-0.2, -0.15) is 9.40 Å². The summed E-state index contributed by atoms with van der Waals surface area (Å²) in [6, 6.07) is 9.17. The zero-order valence-electron chi connectivity index (χ0n) is 5.16. The standard InChI is InChI=1S/C7H5FN2/c8-7-9-10(7)6-4-2-1-3-5-6/h1-5H. The Kier molecular flexibility index (Phi) is 0.974. The van der Waals surface area contributed by atoms with Crippen molar-refractivity contribution in [2.45, 2.75) is 0 Å². The van der Waals surface area contributed by atoms with E-state index in [-0.39, 0.29) is 0 Å². The van der Waals surface area contributed by atoms with Gasteiger partial charge in [-0.05, 0) is 12.1 Å². The molecular weight excluding hydrogens is 131 g/mol. The zero-order chi connectivity index (χ0) is 6.97. The van der Waals surface area contributed by atoms with E-state index in [1.54, 1.807) is 12.1 Å². The van der Waals surface area contributed by atoms with Crippen molar-refractivity contribution in [1.29, 1.82) is 0 Å². The third-order valence-corrected chi connectivity index (χ3v) is 1.32. The molecule has 0 aromatic heterocycles. The fourth-order valence-electron chi connectivity index (χ4n) is 0.794. The highest BCUT2D eigenvalue weighted by Gasteiger charge is 2.24. The Balaban J connectivity index is 2.22. The molecule has 0 radical (unpaired) electrons. The Morgan fingerprint density at radius 1 is 1.20 bits per heavy atom. The van der Waals surface area contributed by atoms with E-state index in [1.165, 1.54) is 5.01 Å². The smallest absolute Gasteiger partial charge is 0.185 e. The lowest BCUT2D eigenvalue weighted by Gasteiger charge is -1.95. The predicted molar refractivity (Wildman–Crippen MR) is 37.5 cm³/mol. The second-order valence-corrected chi connectivity index (χ2v) is 2.02. The molecule has 1 aliphatic heterocycles. The monoisotopic (exact) mass is 136 g/mol. The van der Waals surface area contributed by atoms with E-state index < -0.39 is 6.09 Å². The second kappa shape index (κ2) is 1.80. The van der Waals surface area contributed by atoms with Gasteiger partial charge in [0.05, 0.1) is 5.69 Å². The number of hydrogen-bond acceptors (Lipinski definition) is 2. The summed E-state index contributed by atoms with van der Waals surface area (Å²) in [6.07, 6.45) is -0.411. The Bertz CT molecular complexity index is 268. The second-order valence-electron chi connectivity index (χ2n) is 2.02. The van der Waals surface area contributed by atoms with E-state index in [2.05, 4.69) is 5.10 Å². The average Bonchev–Trinajstić information content (AvgIpc) is 2.69.